The quantitative estimate of drug-likeness (QED) is 0.135. The number of esters is 1. The first-order valence-electron chi connectivity index (χ1n) is 11.6. The standard InChI is InChI=1S/C27H26N2O6/c30-26(35-20-15-13-19(14-16-20)29(32)33)12-2-1-7-17-28-27(31)34-18-25-23-10-5-3-8-21(23)22-9-4-6-11-24(22)25/h3-6,8-11,13-16,25H,1-2,7,12,17-18H2,(H,28,31). The predicted molar refractivity (Wildman–Crippen MR) is 130 cm³/mol. The number of nitro groups is 1. The van der Waals surface area contributed by atoms with Crippen LogP contribution in [0.15, 0.2) is 72.8 Å². The number of carbonyl (C=O) groups is 2. The highest BCUT2D eigenvalue weighted by molar-refractivity contribution is 5.79. The average molecular weight is 475 g/mol. The second kappa shape index (κ2) is 11.3. The third kappa shape index (κ3) is 6.03. The molecule has 8 nitrogen and oxygen atoms in total. The smallest absolute Gasteiger partial charge is 0.407 e. The van der Waals surface area contributed by atoms with E-state index in [1.165, 1.54) is 46.5 Å². The molecule has 0 atom stereocenters. The number of nitrogens with zero attached hydrogens (tertiary/aromatic N) is 1. The van der Waals surface area contributed by atoms with Gasteiger partial charge in [-0.25, -0.2) is 4.79 Å². The molecular weight excluding hydrogens is 448 g/mol. The van der Waals surface area contributed by atoms with E-state index in [0.717, 1.165) is 6.42 Å². The van der Waals surface area contributed by atoms with Crippen molar-refractivity contribution in [1.82, 2.24) is 5.32 Å². The van der Waals surface area contributed by atoms with Crippen LogP contribution in [0, 0.1) is 10.1 Å². The monoisotopic (exact) mass is 474 g/mol. The van der Waals surface area contributed by atoms with Gasteiger partial charge in [-0.2, -0.15) is 0 Å². The molecule has 1 aliphatic rings. The summed E-state index contributed by atoms with van der Waals surface area (Å²) in [6, 6.07) is 21.7. The summed E-state index contributed by atoms with van der Waals surface area (Å²) in [6.07, 6.45) is 1.82. The number of rotatable bonds is 10. The lowest BCUT2D eigenvalue weighted by Gasteiger charge is -2.14. The second-order valence-electron chi connectivity index (χ2n) is 8.29. The Labute approximate surface area is 203 Å². The van der Waals surface area contributed by atoms with Gasteiger partial charge in [0.2, 0.25) is 0 Å². The van der Waals surface area contributed by atoms with Crippen molar-refractivity contribution in [1.29, 1.82) is 0 Å². The Bertz CT molecular complexity index is 1160. The van der Waals surface area contributed by atoms with Crippen molar-refractivity contribution in [2.75, 3.05) is 13.2 Å². The lowest BCUT2D eigenvalue weighted by Crippen LogP contribution is -2.27. The van der Waals surface area contributed by atoms with E-state index < -0.39 is 17.0 Å². The molecule has 1 amide bonds. The number of carbonyl (C=O) groups excluding carboxylic acids is 2. The molecule has 0 radical (unpaired) electrons. The number of hydrogen-bond donors (Lipinski definition) is 1. The Kier molecular flexibility index (Phi) is 7.72. The van der Waals surface area contributed by atoms with Crippen LogP contribution in [0.25, 0.3) is 11.1 Å². The molecule has 0 spiro atoms. The van der Waals surface area contributed by atoms with Crippen LogP contribution in [0.1, 0.15) is 42.7 Å². The third-order valence-corrected chi connectivity index (χ3v) is 5.95. The van der Waals surface area contributed by atoms with Gasteiger partial charge in [-0.1, -0.05) is 55.0 Å². The van der Waals surface area contributed by atoms with E-state index >= 15 is 0 Å². The molecule has 0 heterocycles. The number of unbranched alkanes of at least 4 members (excludes halogenated alkanes) is 2. The van der Waals surface area contributed by atoms with Gasteiger partial charge in [0.25, 0.3) is 5.69 Å². The SMILES string of the molecule is O=C(CCCCCNC(=O)OCC1c2ccccc2-c2ccccc21)Oc1ccc([N+](=O)[O-])cc1. The minimum Gasteiger partial charge on any atom is -0.449 e. The summed E-state index contributed by atoms with van der Waals surface area (Å²) in [4.78, 5) is 34.2. The van der Waals surface area contributed by atoms with Crippen molar-refractivity contribution in [2.45, 2.75) is 31.6 Å². The van der Waals surface area contributed by atoms with Crippen LogP contribution in [0.5, 0.6) is 5.75 Å². The maximum Gasteiger partial charge on any atom is 0.407 e. The Morgan fingerprint density at radius 2 is 1.49 bits per heavy atom. The molecule has 0 fully saturated rings. The van der Waals surface area contributed by atoms with Gasteiger partial charge >= 0.3 is 12.1 Å². The van der Waals surface area contributed by atoms with E-state index in [1.54, 1.807) is 0 Å². The number of benzene rings is 3. The normalized spacial score (nSPS) is 11.9. The Morgan fingerprint density at radius 3 is 2.11 bits per heavy atom. The van der Waals surface area contributed by atoms with Crippen molar-refractivity contribution in [3.63, 3.8) is 0 Å². The summed E-state index contributed by atoms with van der Waals surface area (Å²) in [5.41, 5.74) is 4.64. The van der Waals surface area contributed by atoms with Crippen molar-refractivity contribution < 1.29 is 24.0 Å². The zero-order valence-corrected chi connectivity index (χ0v) is 19.1. The summed E-state index contributed by atoms with van der Waals surface area (Å²) < 4.78 is 10.7. The lowest BCUT2D eigenvalue weighted by molar-refractivity contribution is -0.384. The first kappa shape index (κ1) is 23.9. The molecule has 1 N–H and O–H groups in total. The molecule has 35 heavy (non-hydrogen) atoms. The van der Waals surface area contributed by atoms with Crippen LogP contribution in [0.3, 0.4) is 0 Å². The number of alkyl carbamates (subject to hydrolysis) is 1. The molecule has 8 heteroatoms. The van der Waals surface area contributed by atoms with E-state index in [4.69, 9.17) is 9.47 Å². The molecule has 180 valence electrons. The van der Waals surface area contributed by atoms with Gasteiger partial charge in [-0.15, -0.1) is 0 Å². The molecule has 0 aromatic heterocycles. The summed E-state index contributed by atoms with van der Waals surface area (Å²) >= 11 is 0. The maximum absolute atomic E-state index is 12.2. The zero-order valence-electron chi connectivity index (χ0n) is 19.1. The lowest BCUT2D eigenvalue weighted by atomic mass is 9.98. The number of hydrogen-bond acceptors (Lipinski definition) is 6. The molecule has 3 aromatic rings. The van der Waals surface area contributed by atoms with Crippen LogP contribution in [-0.4, -0.2) is 30.1 Å². The van der Waals surface area contributed by atoms with Crippen LogP contribution in [0.2, 0.25) is 0 Å². The fraction of sp³-hybridized carbons (Fsp3) is 0.259. The minimum absolute atomic E-state index is 0.0231. The number of fused-ring (bicyclic) bond motifs is 3. The highest BCUT2D eigenvalue weighted by Crippen LogP contribution is 2.44. The van der Waals surface area contributed by atoms with Gasteiger partial charge in [-0.05, 0) is 47.2 Å². The highest BCUT2D eigenvalue weighted by atomic mass is 16.6. The Hall–Kier alpha value is -4.20. The summed E-state index contributed by atoms with van der Waals surface area (Å²) in [6.45, 7) is 0.725. The molecule has 0 saturated heterocycles. The largest absolute Gasteiger partial charge is 0.449 e. The molecule has 0 aliphatic heterocycles. The van der Waals surface area contributed by atoms with Gasteiger partial charge < -0.3 is 14.8 Å². The topological polar surface area (TPSA) is 108 Å². The zero-order chi connectivity index (χ0) is 24.6. The van der Waals surface area contributed by atoms with E-state index in [-0.39, 0.29) is 30.4 Å². The van der Waals surface area contributed by atoms with Crippen LogP contribution in [-0.2, 0) is 9.53 Å². The predicted octanol–water partition coefficient (Wildman–Crippen LogP) is 5.60. The van der Waals surface area contributed by atoms with E-state index in [2.05, 4.69) is 29.6 Å². The number of nitrogens with one attached hydrogen (secondary N) is 1. The van der Waals surface area contributed by atoms with Crippen molar-refractivity contribution in [2.24, 2.45) is 0 Å². The van der Waals surface area contributed by atoms with E-state index in [1.807, 2.05) is 24.3 Å². The van der Waals surface area contributed by atoms with Crippen LogP contribution in [0.4, 0.5) is 10.5 Å². The van der Waals surface area contributed by atoms with E-state index in [0.29, 0.717) is 19.4 Å². The number of ether oxygens (including phenoxy) is 2. The molecule has 3 aromatic carbocycles. The maximum atomic E-state index is 12.2. The fourth-order valence-electron chi connectivity index (χ4n) is 4.23. The van der Waals surface area contributed by atoms with Gasteiger partial charge in [0.1, 0.15) is 12.4 Å². The van der Waals surface area contributed by atoms with Gasteiger partial charge in [0, 0.05) is 31.0 Å². The van der Waals surface area contributed by atoms with Gasteiger partial charge in [-0.3, -0.25) is 14.9 Å². The van der Waals surface area contributed by atoms with Crippen molar-refractivity contribution in [3.8, 4) is 16.9 Å². The first-order chi connectivity index (χ1) is 17.0. The first-order valence-corrected chi connectivity index (χ1v) is 11.6. The fourth-order valence-corrected chi connectivity index (χ4v) is 4.23. The Balaban J connectivity index is 1.12. The molecule has 1 aliphatic carbocycles. The molecule has 4 rings (SSSR count). The third-order valence-electron chi connectivity index (χ3n) is 5.95. The molecule has 0 unspecified atom stereocenters. The Morgan fingerprint density at radius 1 is 0.857 bits per heavy atom. The highest BCUT2D eigenvalue weighted by Gasteiger charge is 2.28. The van der Waals surface area contributed by atoms with Crippen LogP contribution < -0.4 is 10.1 Å². The molecule has 0 saturated carbocycles. The molecule has 0 bridgehead atoms. The molecular formula is C27H26N2O6. The number of nitro benzene ring substituents is 1. The summed E-state index contributed by atoms with van der Waals surface area (Å²) in [5.74, 6) is -0.101. The van der Waals surface area contributed by atoms with E-state index in [9.17, 15) is 19.7 Å². The van der Waals surface area contributed by atoms with Gasteiger partial charge in [0.05, 0.1) is 4.92 Å². The summed E-state index contributed by atoms with van der Waals surface area (Å²) in [5, 5.41) is 13.4. The van der Waals surface area contributed by atoms with Gasteiger partial charge in [0.15, 0.2) is 0 Å². The number of non-ortho nitro benzene ring substituents is 1. The summed E-state index contributed by atoms with van der Waals surface area (Å²) in [7, 11) is 0. The van der Waals surface area contributed by atoms with Crippen LogP contribution >= 0.6 is 0 Å². The average Bonchev–Trinajstić information content (AvgIpc) is 3.19. The second-order valence-corrected chi connectivity index (χ2v) is 8.29. The number of amides is 1. The van der Waals surface area contributed by atoms with Crippen molar-refractivity contribution >= 4 is 17.7 Å². The van der Waals surface area contributed by atoms with Crippen molar-refractivity contribution in [3.05, 3.63) is 94.0 Å². The minimum atomic E-state index is -0.512.